The maximum Gasteiger partial charge on any atom is 0.171 e. The number of aromatic amines is 1. The molecule has 0 aromatic carbocycles. The molecule has 2 aromatic rings. The van der Waals surface area contributed by atoms with Crippen LogP contribution < -0.4 is 0 Å². The van der Waals surface area contributed by atoms with E-state index in [2.05, 4.69) is 10.1 Å². The van der Waals surface area contributed by atoms with Crippen LogP contribution in [0.4, 0.5) is 0 Å². The summed E-state index contributed by atoms with van der Waals surface area (Å²) >= 11 is 0. The third-order valence-electron chi connectivity index (χ3n) is 1.35. The molecule has 48 valence electrons. The number of imidazole rings is 1. The largest absolute Gasteiger partial charge is 0.299 e. The van der Waals surface area contributed by atoms with Crippen LogP contribution in [0.25, 0.3) is 5.65 Å². The van der Waals surface area contributed by atoms with E-state index < -0.39 is 0 Å². The molecule has 0 aliphatic carbocycles. The average Bonchev–Trinajstić information content (AvgIpc) is 2.44. The minimum Gasteiger partial charge on any atom is -0.299 e. The van der Waals surface area contributed by atoms with E-state index in [1.54, 1.807) is 23.1 Å². The Morgan fingerprint density at radius 2 is 2.60 bits per heavy atom. The maximum absolute atomic E-state index is 8.52. The molecule has 0 fully saturated rings. The number of nitrogens with one attached hydrogen (secondary N) is 1. The van der Waals surface area contributed by atoms with Gasteiger partial charge in [-0.1, -0.05) is 0 Å². The smallest absolute Gasteiger partial charge is 0.171 e. The van der Waals surface area contributed by atoms with Gasteiger partial charge in [0.15, 0.2) is 5.65 Å². The third kappa shape index (κ3) is 0.463. The maximum atomic E-state index is 8.52. The van der Waals surface area contributed by atoms with E-state index in [4.69, 9.17) is 5.26 Å². The molecule has 0 saturated heterocycles. The van der Waals surface area contributed by atoms with Crippen molar-refractivity contribution in [2.24, 2.45) is 0 Å². The molecule has 0 radical (unpaired) electrons. The Kier molecular flexibility index (Phi) is 0.814. The van der Waals surface area contributed by atoms with Crippen LogP contribution in [0.1, 0.15) is 5.56 Å². The summed E-state index contributed by atoms with van der Waals surface area (Å²) in [4.78, 5) is 3.96. The first kappa shape index (κ1) is 5.06. The lowest BCUT2D eigenvalue weighted by Gasteiger charge is -1.76. The molecule has 0 aliphatic heterocycles. The van der Waals surface area contributed by atoms with Gasteiger partial charge in [-0.05, 0) is 0 Å². The number of H-pyrrole nitrogens is 1. The molecule has 0 spiro atoms. The van der Waals surface area contributed by atoms with Crippen molar-refractivity contribution in [3.63, 3.8) is 0 Å². The van der Waals surface area contributed by atoms with E-state index in [-0.39, 0.29) is 0 Å². The van der Waals surface area contributed by atoms with Crippen molar-refractivity contribution < 1.29 is 0 Å². The van der Waals surface area contributed by atoms with Crippen LogP contribution in [-0.2, 0) is 0 Å². The highest BCUT2D eigenvalue weighted by molar-refractivity contribution is 5.53. The van der Waals surface area contributed by atoms with Crippen LogP contribution in [-0.4, -0.2) is 14.6 Å². The summed E-state index contributed by atoms with van der Waals surface area (Å²) in [5.74, 6) is 0. The molecule has 0 saturated carbocycles. The van der Waals surface area contributed by atoms with E-state index in [9.17, 15) is 0 Å². The molecule has 0 atom stereocenters. The van der Waals surface area contributed by atoms with Crippen LogP contribution in [0, 0.1) is 11.3 Å². The molecule has 2 heterocycles. The number of nitriles is 1. The minimum atomic E-state index is 0.574. The SMILES string of the molecule is N#Cc1c[nH]n2ccnc12. The van der Waals surface area contributed by atoms with Crippen molar-refractivity contribution in [2.45, 2.75) is 0 Å². The van der Waals surface area contributed by atoms with Crippen LogP contribution in [0.3, 0.4) is 0 Å². The molecule has 0 amide bonds. The van der Waals surface area contributed by atoms with Gasteiger partial charge in [-0.15, -0.1) is 0 Å². The summed E-state index contributed by atoms with van der Waals surface area (Å²) in [6.07, 6.45) is 5.03. The minimum absolute atomic E-state index is 0.574. The summed E-state index contributed by atoms with van der Waals surface area (Å²) in [5.41, 5.74) is 1.26. The second kappa shape index (κ2) is 1.61. The van der Waals surface area contributed by atoms with Crippen molar-refractivity contribution in [3.8, 4) is 6.07 Å². The average molecular weight is 132 g/mol. The lowest BCUT2D eigenvalue weighted by atomic mass is 10.4. The van der Waals surface area contributed by atoms with E-state index >= 15 is 0 Å². The molecule has 0 aliphatic rings. The van der Waals surface area contributed by atoms with E-state index in [0.29, 0.717) is 11.2 Å². The summed E-state index contributed by atoms with van der Waals surface area (Å²) in [6, 6.07) is 2.02. The zero-order valence-corrected chi connectivity index (χ0v) is 5.07. The molecule has 2 aromatic heterocycles. The van der Waals surface area contributed by atoms with Crippen molar-refractivity contribution >= 4 is 5.65 Å². The predicted octanol–water partition coefficient (Wildman–Crippen LogP) is 0.534. The first-order valence-electron chi connectivity index (χ1n) is 2.82. The fourth-order valence-electron chi connectivity index (χ4n) is 0.888. The molecule has 4 nitrogen and oxygen atoms in total. The van der Waals surface area contributed by atoms with Gasteiger partial charge in [0, 0.05) is 18.6 Å². The second-order valence-corrected chi connectivity index (χ2v) is 1.92. The van der Waals surface area contributed by atoms with Crippen LogP contribution in [0.2, 0.25) is 0 Å². The van der Waals surface area contributed by atoms with E-state index in [0.717, 1.165) is 0 Å². The van der Waals surface area contributed by atoms with Gasteiger partial charge in [-0.2, -0.15) is 5.26 Å². The highest BCUT2D eigenvalue weighted by atomic mass is 15.2. The summed E-state index contributed by atoms with van der Waals surface area (Å²) < 4.78 is 1.69. The van der Waals surface area contributed by atoms with Crippen LogP contribution >= 0.6 is 0 Å². The molecular formula is C6H4N4. The van der Waals surface area contributed by atoms with Gasteiger partial charge in [0.1, 0.15) is 11.6 Å². The Bertz CT molecular complexity index is 389. The van der Waals surface area contributed by atoms with Gasteiger partial charge in [0.25, 0.3) is 0 Å². The molecule has 0 bridgehead atoms. The number of hydrogen-bond acceptors (Lipinski definition) is 2. The van der Waals surface area contributed by atoms with E-state index in [1.807, 2.05) is 6.07 Å². The number of aromatic nitrogens is 3. The zero-order chi connectivity index (χ0) is 6.97. The van der Waals surface area contributed by atoms with Gasteiger partial charge >= 0.3 is 0 Å². The topological polar surface area (TPSA) is 56.9 Å². The molecule has 10 heavy (non-hydrogen) atoms. The standard InChI is InChI=1S/C6H4N4/c7-3-5-4-9-10-2-1-8-6(5)10/h1-2,4,9H. The highest BCUT2D eigenvalue weighted by Crippen LogP contribution is 2.04. The predicted molar refractivity (Wildman–Crippen MR) is 34.3 cm³/mol. The number of nitrogens with zero attached hydrogens (tertiary/aromatic N) is 3. The molecule has 2 rings (SSSR count). The van der Waals surface area contributed by atoms with Gasteiger partial charge < -0.3 is 0 Å². The summed E-state index contributed by atoms with van der Waals surface area (Å²) in [7, 11) is 0. The first-order chi connectivity index (χ1) is 4.92. The first-order valence-corrected chi connectivity index (χ1v) is 2.82. The highest BCUT2D eigenvalue weighted by Gasteiger charge is 2.00. The van der Waals surface area contributed by atoms with Gasteiger partial charge in [-0.3, -0.25) is 5.10 Å². The molecular weight excluding hydrogens is 128 g/mol. The number of fused-ring (bicyclic) bond motifs is 1. The van der Waals surface area contributed by atoms with Crippen molar-refractivity contribution in [1.82, 2.24) is 14.6 Å². The van der Waals surface area contributed by atoms with Gasteiger partial charge in [-0.25, -0.2) is 9.50 Å². The Balaban J connectivity index is 2.92. The fourth-order valence-corrected chi connectivity index (χ4v) is 0.888. The second-order valence-electron chi connectivity index (χ2n) is 1.92. The fraction of sp³-hybridized carbons (Fsp3) is 0. The van der Waals surface area contributed by atoms with E-state index in [1.165, 1.54) is 0 Å². The van der Waals surface area contributed by atoms with Gasteiger partial charge in [0.05, 0.1) is 0 Å². The molecule has 4 heteroatoms. The lowest BCUT2D eigenvalue weighted by Crippen LogP contribution is -1.76. The normalized spacial score (nSPS) is 9.90. The monoisotopic (exact) mass is 132 g/mol. The summed E-state index contributed by atoms with van der Waals surface area (Å²) in [5, 5.41) is 11.4. The quantitative estimate of drug-likeness (QED) is 0.568. The van der Waals surface area contributed by atoms with Crippen LogP contribution in [0.5, 0.6) is 0 Å². The van der Waals surface area contributed by atoms with Crippen LogP contribution in [0.15, 0.2) is 18.6 Å². The number of rotatable bonds is 0. The summed E-state index contributed by atoms with van der Waals surface area (Å²) in [6.45, 7) is 0. The zero-order valence-electron chi connectivity index (χ0n) is 5.07. The Hall–Kier alpha value is -1.76. The molecule has 0 unspecified atom stereocenters. The Morgan fingerprint density at radius 1 is 1.70 bits per heavy atom. The van der Waals surface area contributed by atoms with Gasteiger partial charge in [0.2, 0.25) is 0 Å². The Morgan fingerprint density at radius 3 is 3.40 bits per heavy atom. The number of hydrogen-bond donors (Lipinski definition) is 1. The Labute approximate surface area is 56.7 Å². The molecule has 1 N–H and O–H groups in total. The van der Waals surface area contributed by atoms with Crippen molar-refractivity contribution in [3.05, 3.63) is 24.2 Å². The lowest BCUT2D eigenvalue weighted by molar-refractivity contribution is 0.973. The van der Waals surface area contributed by atoms with Crippen molar-refractivity contribution in [1.29, 1.82) is 5.26 Å². The van der Waals surface area contributed by atoms with Crippen molar-refractivity contribution in [2.75, 3.05) is 0 Å². The third-order valence-corrected chi connectivity index (χ3v) is 1.35.